The van der Waals surface area contributed by atoms with Gasteiger partial charge in [0, 0.05) is 22.5 Å². The molecule has 3 rings (SSSR count). The Labute approximate surface area is 185 Å². The van der Waals surface area contributed by atoms with Gasteiger partial charge in [0.05, 0.1) is 15.9 Å². The second-order valence-corrected chi connectivity index (χ2v) is 9.10. The van der Waals surface area contributed by atoms with Crippen molar-refractivity contribution in [2.75, 3.05) is 10.6 Å². The van der Waals surface area contributed by atoms with Crippen molar-refractivity contribution in [1.82, 2.24) is 9.78 Å². The van der Waals surface area contributed by atoms with Crippen molar-refractivity contribution < 1.29 is 12.8 Å². The smallest absolute Gasteiger partial charge is 0.238 e. The molecule has 0 radical (unpaired) electrons. The molecule has 0 saturated carbocycles. The van der Waals surface area contributed by atoms with Crippen molar-refractivity contribution in [2.24, 2.45) is 5.14 Å². The predicted molar refractivity (Wildman–Crippen MR) is 118 cm³/mol. The van der Waals surface area contributed by atoms with Crippen LogP contribution in [-0.4, -0.2) is 23.3 Å². The minimum Gasteiger partial charge on any atom is -0.332 e. The standard InChI is InChI=1S/C17H14BrClFN5O2S2/c18-13-9-25(8-12-14(19)2-1-3-15(12)20)24-16(13)23-17(28)22-10-4-6-11(7-5-10)29(21,26)27/h1-7,9H,8H2,(H2,21,26,27)(H2,22,23,24,28). The van der Waals surface area contributed by atoms with Gasteiger partial charge >= 0.3 is 0 Å². The van der Waals surface area contributed by atoms with Crippen LogP contribution >= 0.6 is 39.7 Å². The normalized spacial score (nSPS) is 11.3. The zero-order valence-corrected chi connectivity index (χ0v) is 18.5. The molecule has 1 heterocycles. The van der Waals surface area contributed by atoms with Gasteiger partial charge in [0.1, 0.15) is 5.82 Å². The van der Waals surface area contributed by atoms with E-state index in [2.05, 4.69) is 31.7 Å². The number of sulfonamides is 1. The fourth-order valence-corrected chi connectivity index (χ4v) is 3.77. The Bertz CT molecular complexity index is 1150. The number of rotatable bonds is 5. The minimum absolute atomic E-state index is 0.00443. The number of primary sulfonamides is 1. The Hall–Kier alpha value is -2.05. The highest BCUT2D eigenvalue weighted by atomic mass is 79.9. The third-order valence-electron chi connectivity index (χ3n) is 3.77. The lowest BCUT2D eigenvalue weighted by molar-refractivity contribution is 0.586. The number of hydrogen-bond acceptors (Lipinski definition) is 4. The van der Waals surface area contributed by atoms with Gasteiger partial charge in [-0.3, -0.25) is 4.68 Å². The molecule has 0 amide bonds. The van der Waals surface area contributed by atoms with Crippen LogP contribution in [-0.2, 0) is 16.6 Å². The number of nitrogens with two attached hydrogens (primary N) is 1. The van der Waals surface area contributed by atoms with Crippen LogP contribution in [0.25, 0.3) is 0 Å². The number of aromatic nitrogens is 2. The van der Waals surface area contributed by atoms with Gasteiger partial charge in [0.15, 0.2) is 10.9 Å². The molecule has 1 aromatic heterocycles. The van der Waals surface area contributed by atoms with E-state index in [4.69, 9.17) is 29.0 Å². The summed E-state index contributed by atoms with van der Waals surface area (Å²) in [4.78, 5) is -0.00443. The molecule has 0 saturated heterocycles. The molecule has 12 heteroatoms. The first-order chi connectivity index (χ1) is 13.6. The minimum atomic E-state index is -3.76. The van der Waals surface area contributed by atoms with Crippen LogP contribution in [0, 0.1) is 5.82 Å². The number of nitrogens with one attached hydrogen (secondary N) is 2. The number of benzene rings is 2. The highest BCUT2D eigenvalue weighted by molar-refractivity contribution is 9.10. The van der Waals surface area contributed by atoms with Crippen molar-refractivity contribution in [3.63, 3.8) is 0 Å². The SMILES string of the molecule is NS(=O)(=O)c1ccc(NC(=S)Nc2nn(Cc3c(F)cccc3Cl)cc2Br)cc1. The quantitative estimate of drug-likeness (QED) is 0.442. The van der Waals surface area contributed by atoms with Crippen LogP contribution in [0.5, 0.6) is 0 Å². The average Bonchev–Trinajstić information content (AvgIpc) is 2.97. The van der Waals surface area contributed by atoms with Crippen LogP contribution in [0.4, 0.5) is 15.9 Å². The van der Waals surface area contributed by atoms with E-state index >= 15 is 0 Å². The summed E-state index contributed by atoms with van der Waals surface area (Å²) in [6, 6.07) is 10.3. The second kappa shape index (κ2) is 8.76. The zero-order valence-electron chi connectivity index (χ0n) is 14.6. The fraction of sp³-hybridized carbons (Fsp3) is 0.0588. The maximum atomic E-state index is 14.0. The average molecular weight is 519 g/mol. The van der Waals surface area contributed by atoms with E-state index in [1.54, 1.807) is 12.3 Å². The van der Waals surface area contributed by atoms with Gasteiger partial charge in [-0.25, -0.2) is 17.9 Å². The van der Waals surface area contributed by atoms with Gasteiger partial charge in [0.25, 0.3) is 0 Å². The lowest BCUT2D eigenvalue weighted by atomic mass is 10.2. The van der Waals surface area contributed by atoms with Crippen LogP contribution in [0.3, 0.4) is 0 Å². The number of halogens is 3. The van der Waals surface area contributed by atoms with Crippen LogP contribution < -0.4 is 15.8 Å². The monoisotopic (exact) mass is 517 g/mol. The summed E-state index contributed by atoms with van der Waals surface area (Å²) in [7, 11) is -3.76. The third-order valence-corrected chi connectivity index (χ3v) is 5.84. The van der Waals surface area contributed by atoms with E-state index in [1.165, 1.54) is 41.1 Å². The topological polar surface area (TPSA) is 102 Å². The van der Waals surface area contributed by atoms with Crippen molar-refractivity contribution in [3.8, 4) is 0 Å². The molecule has 4 N–H and O–H groups in total. The number of thiocarbonyl (C=S) groups is 1. The lowest BCUT2D eigenvalue weighted by Crippen LogP contribution is -2.20. The van der Waals surface area contributed by atoms with Gasteiger partial charge < -0.3 is 10.6 Å². The van der Waals surface area contributed by atoms with Gasteiger partial charge in [0.2, 0.25) is 10.0 Å². The number of nitrogens with zero attached hydrogens (tertiary/aromatic N) is 2. The fourth-order valence-electron chi connectivity index (χ4n) is 2.41. The van der Waals surface area contributed by atoms with Crippen molar-refractivity contribution in [1.29, 1.82) is 0 Å². The summed E-state index contributed by atoms with van der Waals surface area (Å²) < 4.78 is 38.7. The molecule has 0 aliphatic rings. The molecular weight excluding hydrogens is 505 g/mol. The maximum Gasteiger partial charge on any atom is 0.238 e. The van der Waals surface area contributed by atoms with E-state index in [9.17, 15) is 12.8 Å². The Balaban J connectivity index is 1.68. The Kier molecular flexibility index (Phi) is 6.54. The summed E-state index contributed by atoms with van der Waals surface area (Å²) in [5.41, 5.74) is 0.884. The molecule has 0 atom stereocenters. The van der Waals surface area contributed by atoms with Crippen molar-refractivity contribution >= 4 is 66.4 Å². The number of anilines is 2. The first-order valence-electron chi connectivity index (χ1n) is 8.00. The molecule has 0 bridgehead atoms. The molecule has 0 aliphatic heterocycles. The summed E-state index contributed by atoms with van der Waals surface area (Å²) >= 11 is 14.7. The van der Waals surface area contributed by atoms with Crippen LogP contribution in [0.1, 0.15) is 5.56 Å². The van der Waals surface area contributed by atoms with E-state index in [-0.39, 0.29) is 16.6 Å². The van der Waals surface area contributed by atoms with E-state index in [0.29, 0.717) is 26.6 Å². The highest BCUT2D eigenvalue weighted by Gasteiger charge is 2.13. The summed E-state index contributed by atoms with van der Waals surface area (Å²) in [6.45, 7) is 0.140. The Morgan fingerprint density at radius 2 is 1.93 bits per heavy atom. The Morgan fingerprint density at radius 1 is 1.24 bits per heavy atom. The Morgan fingerprint density at radius 3 is 2.55 bits per heavy atom. The van der Waals surface area contributed by atoms with Crippen molar-refractivity contribution in [3.05, 3.63) is 69.5 Å². The van der Waals surface area contributed by atoms with E-state index < -0.39 is 15.8 Å². The summed E-state index contributed by atoms with van der Waals surface area (Å²) in [6.07, 6.45) is 1.66. The predicted octanol–water partition coefficient (Wildman–Crippen LogP) is 3.94. The first kappa shape index (κ1) is 21.7. The molecule has 0 aliphatic carbocycles. The van der Waals surface area contributed by atoms with Crippen LogP contribution in [0.15, 0.2) is 58.0 Å². The largest absolute Gasteiger partial charge is 0.332 e. The summed E-state index contributed by atoms with van der Waals surface area (Å²) in [5.74, 6) is -0.00474. The van der Waals surface area contributed by atoms with Crippen molar-refractivity contribution in [2.45, 2.75) is 11.4 Å². The molecule has 7 nitrogen and oxygen atoms in total. The molecule has 2 aromatic carbocycles. The third kappa shape index (κ3) is 5.52. The van der Waals surface area contributed by atoms with E-state index in [0.717, 1.165) is 0 Å². The molecule has 29 heavy (non-hydrogen) atoms. The molecule has 152 valence electrons. The maximum absolute atomic E-state index is 14.0. The van der Waals surface area contributed by atoms with E-state index in [1.807, 2.05) is 0 Å². The summed E-state index contributed by atoms with van der Waals surface area (Å²) in [5, 5.41) is 15.7. The number of hydrogen-bond donors (Lipinski definition) is 3. The molecule has 0 spiro atoms. The molecule has 3 aromatic rings. The zero-order chi connectivity index (χ0) is 21.2. The first-order valence-corrected chi connectivity index (χ1v) is 11.1. The van der Waals surface area contributed by atoms with Crippen LogP contribution in [0.2, 0.25) is 5.02 Å². The lowest BCUT2D eigenvalue weighted by Gasteiger charge is -2.09. The molecular formula is C17H14BrClFN5O2S2. The second-order valence-electron chi connectivity index (χ2n) is 5.87. The van der Waals surface area contributed by atoms with Gasteiger partial charge in [-0.15, -0.1) is 0 Å². The van der Waals surface area contributed by atoms with Gasteiger partial charge in [-0.05, 0) is 64.5 Å². The molecule has 0 unspecified atom stereocenters. The van der Waals surface area contributed by atoms with Gasteiger partial charge in [-0.2, -0.15) is 5.10 Å². The molecule has 0 fully saturated rings. The highest BCUT2D eigenvalue weighted by Crippen LogP contribution is 2.24. The van der Waals surface area contributed by atoms with Gasteiger partial charge in [-0.1, -0.05) is 17.7 Å².